The Labute approximate surface area is 132 Å². The van der Waals surface area contributed by atoms with Crippen molar-refractivity contribution in [3.8, 4) is 0 Å². The highest BCUT2D eigenvalue weighted by Gasteiger charge is 2.22. The summed E-state index contributed by atoms with van der Waals surface area (Å²) < 4.78 is 0. The van der Waals surface area contributed by atoms with E-state index in [0.717, 1.165) is 19.5 Å². The van der Waals surface area contributed by atoms with Gasteiger partial charge in [-0.3, -0.25) is 9.59 Å². The van der Waals surface area contributed by atoms with Crippen LogP contribution in [-0.2, 0) is 9.59 Å². The van der Waals surface area contributed by atoms with E-state index < -0.39 is 0 Å². The Morgan fingerprint density at radius 3 is 2.55 bits per heavy atom. The first kappa shape index (κ1) is 16.3. The molecule has 22 heavy (non-hydrogen) atoms. The summed E-state index contributed by atoms with van der Waals surface area (Å²) in [7, 11) is 0. The molecule has 0 aliphatic carbocycles. The molecule has 1 fully saturated rings. The number of carbonyl (C=O) groups excluding carboxylic acids is 2. The predicted molar refractivity (Wildman–Crippen MR) is 87.9 cm³/mol. The van der Waals surface area contributed by atoms with Crippen molar-refractivity contribution in [3.05, 3.63) is 29.8 Å². The van der Waals surface area contributed by atoms with E-state index in [-0.39, 0.29) is 18.2 Å². The van der Waals surface area contributed by atoms with Crippen LogP contribution in [0.5, 0.6) is 0 Å². The van der Waals surface area contributed by atoms with Gasteiger partial charge in [0.15, 0.2) is 0 Å². The number of rotatable bonds is 5. The molecule has 1 aliphatic rings. The van der Waals surface area contributed by atoms with Crippen LogP contribution >= 0.6 is 0 Å². The molecule has 5 nitrogen and oxygen atoms in total. The number of anilines is 1. The lowest BCUT2D eigenvalue weighted by Crippen LogP contribution is -2.49. The Morgan fingerprint density at radius 1 is 1.18 bits per heavy atom. The molecule has 1 saturated heterocycles. The number of amides is 2. The van der Waals surface area contributed by atoms with Gasteiger partial charge < -0.3 is 15.1 Å². The summed E-state index contributed by atoms with van der Waals surface area (Å²) in [6.45, 7) is 7.68. The second-order valence-electron chi connectivity index (χ2n) is 5.73. The van der Waals surface area contributed by atoms with Gasteiger partial charge in [0.1, 0.15) is 6.42 Å². The van der Waals surface area contributed by atoms with Gasteiger partial charge in [0, 0.05) is 38.4 Å². The molecule has 0 saturated carbocycles. The second-order valence-corrected chi connectivity index (χ2v) is 5.73. The first-order valence-corrected chi connectivity index (χ1v) is 7.96. The third kappa shape index (κ3) is 4.48. The molecule has 2 amide bonds. The molecular weight excluding hydrogens is 278 g/mol. The Hall–Kier alpha value is -2.04. The van der Waals surface area contributed by atoms with Gasteiger partial charge in [0.2, 0.25) is 11.8 Å². The van der Waals surface area contributed by atoms with E-state index in [1.807, 2.05) is 6.92 Å². The number of piperazine rings is 1. The van der Waals surface area contributed by atoms with Crippen molar-refractivity contribution < 1.29 is 9.59 Å². The van der Waals surface area contributed by atoms with Crippen LogP contribution in [0, 0.1) is 6.92 Å². The molecule has 0 spiro atoms. The van der Waals surface area contributed by atoms with Gasteiger partial charge in [-0.05, 0) is 31.0 Å². The average molecular weight is 303 g/mol. The Bertz CT molecular complexity index is 522. The van der Waals surface area contributed by atoms with E-state index in [1.165, 1.54) is 11.3 Å². The van der Waals surface area contributed by atoms with Gasteiger partial charge in [-0.1, -0.05) is 19.1 Å². The van der Waals surface area contributed by atoms with E-state index in [2.05, 4.69) is 41.4 Å². The summed E-state index contributed by atoms with van der Waals surface area (Å²) in [5, 5.41) is 2.75. The minimum absolute atomic E-state index is 0.0373. The van der Waals surface area contributed by atoms with Crippen molar-refractivity contribution >= 4 is 17.5 Å². The number of carbonyl (C=O) groups is 2. The second kappa shape index (κ2) is 7.82. The third-order valence-electron chi connectivity index (χ3n) is 3.88. The maximum atomic E-state index is 12.1. The summed E-state index contributed by atoms with van der Waals surface area (Å²) >= 11 is 0. The number of hydrogen-bond acceptors (Lipinski definition) is 3. The van der Waals surface area contributed by atoms with Crippen LogP contribution in [-0.4, -0.2) is 49.4 Å². The van der Waals surface area contributed by atoms with Crippen molar-refractivity contribution in [2.24, 2.45) is 0 Å². The summed E-state index contributed by atoms with van der Waals surface area (Å²) in [5.41, 5.74) is 2.44. The van der Waals surface area contributed by atoms with Gasteiger partial charge >= 0.3 is 0 Å². The van der Waals surface area contributed by atoms with Crippen LogP contribution in [0.15, 0.2) is 24.3 Å². The van der Waals surface area contributed by atoms with Crippen LogP contribution in [0.1, 0.15) is 25.3 Å². The van der Waals surface area contributed by atoms with Gasteiger partial charge in [-0.25, -0.2) is 0 Å². The third-order valence-corrected chi connectivity index (χ3v) is 3.88. The van der Waals surface area contributed by atoms with E-state index in [0.29, 0.717) is 19.6 Å². The fraction of sp³-hybridized carbons (Fsp3) is 0.529. The minimum atomic E-state index is -0.173. The quantitative estimate of drug-likeness (QED) is 0.840. The summed E-state index contributed by atoms with van der Waals surface area (Å²) in [5.74, 6) is -0.245. The smallest absolute Gasteiger partial charge is 0.232 e. The molecule has 0 bridgehead atoms. The summed E-state index contributed by atoms with van der Waals surface area (Å²) in [4.78, 5) is 27.8. The minimum Gasteiger partial charge on any atom is -0.368 e. The largest absolute Gasteiger partial charge is 0.368 e. The van der Waals surface area contributed by atoms with Gasteiger partial charge in [-0.2, -0.15) is 0 Å². The topological polar surface area (TPSA) is 52.7 Å². The monoisotopic (exact) mass is 303 g/mol. The Kier molecular flexibility index (Phi) is 5.81. The lowest BCUT2D eigenvalue weighted by Gasteiger charge is -2.36. The SMILES string of the molecule is CCCNC(=O)CC(=O)N1CCN(c2cccc(C)c2)CC1. The van der Waals surface area contributed by atoms with Crippen molar-refractivity contribution in [2.45, 2.75) is 26.7 Å². The highest BCUT2D eigenvalue weighted by molar-refractivity contribution is 5.96. The number of hydrogen-bond donors (Lipinski definition) is 1. The van der Waals surface area contributed by atoms with E-state index in [9.17, 15) is 9.59 Å². The van der Waals surface area contributed by atoms with Crippen molar-refractivity contribution in [1.29, 1.82) is 0 Å². The molecule has 0 atom stereocenters. The lowest BCUT2D eigenvalue weighted by atomic mass is 10.2. The van der Waals surface area contributed by atoms with E-state index in [4.69, 9.17) is 0 Å². The van der Waals surface area contributed by atoms with Gasteiger partial charge in [-0.15, -0.1) is 0 Å². The molecule has 2 rings (SSSR count). The summed E-state index contributed by atoms with van der Waals surface area (Å²) in [6.07, 6.45) is 0.847. The molecule has 1 aromatic carbocycles. The van der Waals surface area contributed by atoms with Crippen LogP contribution in [0.25, 0.3) is 0 Å². The first-order chi connectivity index (χ1) is 10.6. The molecule has 0 unspecified atom stereocenters. The molecule has 0 radical (unpaired) electrons. The van der Waals surface area contributed by atoms with Crippen LogP contribution < -0.4 is 10.2 Å². The maximum absolute atomic E-state index is 12.1. The number of nitrogens with zero attached hydrogens (tertiary/aromatic N) is 2. The van der Waals surface area contributed by atoms with Gasteiger partial charge in [0.25, 0.3) is 0 Å². The Balaban J connectivity index is 1.81. The highest BCUT2D eigenvalue weighted by Crippen LogP contribution is 2.18. The zero-order chi connectivity index (χ0) is 15.9. The molecule has 1 aliphatic heterocycles. The zero-order valence-electron chi connectivity index (χ0n) is 13.5. The standard InChI is InChI=1S/C17H25N3O2/c1-3-7-18-16(21)13-17(22)20-10-8-19(9-11-20)15-6-4-5-14(2)12-15/h4-6,12H,3,7-11,13H2,1-2H3,(H,18,21). The average Bonchev–Trinajstić information content (AvgIpc) is 2.53. The van der Waals surface area contributed by atoms with E-state index in [1.54, 1.807) is 4.90 Å². The van der Waals surface area contributed by atoms with E-state index >= 15 is 0 Å². The maximum Gasteiger partial charge on any atom is 0.232 e. The molecule has 1 N–H and O–H groups in total. The predicted octanol–water partition coefficient (Wildman–Crippen LogP) is 1.56. The fourth-order valence-electron chi connectivity index (χ4n) is 2.61. The summed E-state index contributed by atoms with van der Waals surface area (Å²) in [6, 6.07) is 8.40. The highest BCUT2D eigenvalue weighted by atomic mass is 16.2. The molecule has 1 heterocycles. The molecular formula is C17H25N3O2. The first-order valence-electron chi connectivity index (χ1n) is 7.96. The molecule has 0 aromatic heterocycles. The number of nitrogens with one attached hydrogen (secondary N) is 1. The number of benzene rings is 1. The zero-order valence-corrected chi connectivity index (χ0v) is 13.5. The van der Waals surface area contributed by atoms with Crippen LogP contribution in [0.2, 0.25) is 0 Å². The lowest BCUT2D eigenvalue weighted by molar-refractivity contribution is -0.136. The Morgan fingerprint density at radius 2 is 1.91 bits per heavy atom. The normalized spacial score (nSPS) is 14.8. The molecule has 1 aromatic rings. The molecule has 5 heteroatoms. The van der Waals surface area contributed by atoms with Gasteiger partial charge in [0.05, 0.1) is 0 Å². The van der Waals surface area contributed by atoms with Crippen LogP contribution in [0.4, 0.5) is 5.69 Å². The molecule has 120 valence electrons. The fourth-order valence-corrected chi connectivity index (χ4v) is 2.61. The van der Waals surface area contributed by atoms with Crippen molar-refractivity contribution in [1.82, 2.24) is 10.2 Å². The van der Waals surface area contributed by atoms with Crippen molar-refractivity contribution in [2.75, 3.05) is 37.6 Å². The number of aryl methyl sites for hydroxylation is 1. The van der Waals surface area contributed by atoms with Crippen molar-refractivity contribution in [3.63, 3.8) is 0 Å². The van der Waals surface area contributed by atoms with Crippen LogP contribution in [0.3, 0.4) is 0 Å².